The molecule has 0 bridgehead atoms. The summed E-state index contributed by atoms with van der Waals surface area (Å²) in [6.45, 7) is 5.22. The van der Waals surface area contributed by atoms with Crippen LogP contribution in [0, 0.1) is 0 Å². The number of ether oxygens (including phenoxy) is 1. The highest BCUT2D eigenvalue weighted by Gasteiger charge is 2.51. The van der Waals surface area contributed by atoms with E-state index in [1.807, 2.05) is 30.3 Å². The number of halogens is 1. The van der Waals surface area contributed by atoms with Crippen LogP contribution in [0.3, 0.4) is 0 Å². The van der Waals surface area contributed by atoms with E-state index in [9.17, 15) is 13.2 Å². The summed E-state index contributed by atoms with van der Waals surface area (Å²) in [6, 6.07) is 16.2. The maximum Gasteiger partial charge on any atom is 0.239 e. The van der Waals surface area contributed by atoms with E-state index in [4.69, 9.17) is 10.6 Å². The van der Waals surface area contributed by atoms with Crippen molar-refractivity contribution in [3.8, 4) is 0 Å². The number of nitrogens with zero attached hydrogens (tertiary/aromatic N) is 2. The minimum absolute atomic E-state index is 0.134. The molecule has 2 aromatic rings. The molecule has 2 heterocycles. The molecule has 0 spiro atoms. The highest BCUT2D eigenvalue weighted by Crippen LogP contribution is 2.48. The lowest BCUT2D eigenvalue weighted by atomic mass is 9.91. The highest BCUT2D eigenvalue weighted by molar-refractivity contribution is 14.1. The van der Waals surface area contributed by atoms with Gasteiger partial charge in [0.25, 0.3) is 0 Å². The minimum Gasteiger partial charge on any atom is -0.378 e. The molecule has 1 saturated heterocycles. The molecule has 1 unspecified atom stereocenters. The highest BCUT2D eigenvalue weighted by atomic mass is 127. The van der Waals surface area contributed by atoms with Gasteiger partial charge in [0.1, 0.15) is 3.92 Å². The van der Waals surface area contributed by atoms with Gasteiger partial charge in [-0.2, -0.15) is 0 Å². The zero-order chi connectivity index (χ0) is 23.1. The number of hydrogen-bond acceptors (Lipinski definition) is 6. The van der Waals surface area contributed by atoms with Gasteiger partial charge in [0.2, 0.25) is 5.91 Å². The van der Waals surface area contributed by atoms with Crippen molar-refractivity contribution < 1.29 is 17.9 Å². The Hall–Kier alpha value is -1.95. The van der Waals surface area contributed by atoms with Crippen molar-refractivity contribution in [3.63, 3.8) is 0 Å². The van der Waals surface area contributed by atoms with E-state index in [1.165, 1.54) is 5.01 Å². The fourth-order valence-corrected chi connectivity index (χ4v) is 7.66. The molecule has 0 saturated carbocycles. The van der Waals surface area contributed by atoms with Crippen molar-refractivity contribution >= 4 is 49.7 Å². The number of carbonyl (C=O) groups is 1. The number of rotatable bonds is 4. The molecule has 1 amide bonds. The Morgan fingerprint density at radius 1 is 1.09 bits per heavy atom. The van der Waals surface area contributed by atoms with Crippen LogP contribution >= 0.6 is 22.6 Å². The molecule has 2 aliphatic heterocycles. The first-order valence-corrected chi connectivity index (χ1v) is 13.1. The lowest BCUT2D eigenvalue weighted by molar-refractivity contribution is -0.133. The molecule has 7 nitrogen and oxygen atoms in total. The third-order valence-electron chi connectivity index (χ3n) is 6.08. The van der Waals surface area contributed by atoms with Gasteiger partial charge >= 0.3 is 0 Å². The second-order valence-corrected chi connectivity index (χ2v) is 12.0. The van der Waals surface area contributed by atoms with Gasteiger partial charge < -0.3 is 9.64 Å². The number of nitrogens with two attached hydrogens (primary N) is 1. The van der Waals surface area contributed by atoms with Crippen molar-refractivity contribution in [2.24, 2.45) is 5.84 Å². The first-order chi connectivity index (χ1) is 15.2. The van der Waals surface area contributed by atoms with Crippen LogP contribution in [0.1, 0.15) is 19.4 Å². The summed E-state index contributed by atoms with van der Waals surface area (Å²) in [5.41, 5.74) is 2.24. The summed E-state index contributed by atoms with van der Waals surface area (Å²) in [4.78, 5) is 15.4. The molecule has 2 aromatic carbocycles. The number of fused-ring (bicyclic) bond motifs is 1. The predicted molar refractivity (Wildman–Crippen MR) is 133 cm³/mol. The van der Waals surface area contributed by atoms with E-state index in [1.54, 1.807) is 43.0 Å². The number of para-hydroxylation sites is 1. The number of morpholine rings is 1. The third kappa shape index (κ3) is 3.74. The molecule has 0 aromatic heterocycles. The number of benzene rings is 2. The third-order valence-corrected chi connectivity index (χ3v) is 9.73. The van der Waals surface area contributed by atoms with Gasteiger partial charge in [-0.15, -0.1) is 0 Å². The summed E-state index contributed by atoms with van der Waals surface area (Å²) in [5, 5.41) is 1.50. The van der Waals surface area contributed by atoms with Gasteiger partial charge in [-0.25, -0.2) is 14.3 Å². The Kier molecular flexibility index (Phi) is 6.36. The van der Waals surface area contributed by atoms with Crippen LogP contribution in [0.4, 0.5) is 5.69 Å². The Bertz CT molecular complexity index is 1160. The monoisotopic (exact) mass is 567 g/mol. The van der Waals surface area contributed by atoms with E-state index in [2.05, 4.69) is 22.6 Å². The molecule has 1 fully saturated rings. The number of amides is 1. The Labute approximate surface area is 202 Å². The largest absolute Gasteiger partial charge is 0.378 e. The van der Waals surface area contributed by atoms with Gasteiger partial charge in [0, 0.05) is 18.7 Å². The topological polar surface area (TPSA) is 92.9 Å². The average Bonchev–Trinajstić information content (AvgIpc) is 2.81. The van der Waals surface area contributed by atoms with Gasteiger partial charge in [-0.1, -0.05) is 59.0 Å². The minimum atomic E-state index is -3.77. The smallest absolute Gasteiger partial charge is 0.239 e. The van der Waals surface area contributed by atoms with E-state index in [0.29, 0.717) is 48.8 Å². The second kappa shape index (κ2) is 8.77. The lowest BCUT2D eigenvalue weighted by Gasteiger charge is -2.41. The van der Waals surface area contributed by atoms with Gasteiger partial charge in [-0.3, -0.25) is 9.80 Å². The van der Waals surface area contributed by atoms with Gasteiger partial charge in [-0.05, 0) is 37.6 Å². The number of hydrazine groups is 1. The number of hydrogen-bond donors (Lipinski definition) is 1. The normalized spacial score (nSPS) is 20.4. The summed E-state index contributed by atoms with van der Waals surface area (Å²) >= 11 is 2.06. The summed E-state index contributed by atoms with van der Waals surface area (Å²) in [6.07, 6.45) is 0. The molecule has 4 rings (SSSR count). The molecule has 2 aliphatic rings. The van der Waals surface area contributed by atoms with Crippen molar-refractivity contribution in [2.45, 2.75) is 27.4 Å². The molecule has 9 heteroatoms. The zero-order valence-electron chi connectivity index (χ0n) is 18.0. The van der Waals surface area contributed by atoms with Gasteiger partial charge in [0.15, 0.2) is 9.84 Å². The zero-order valence-corrected chi connectivity index (χ0v) is 21.0. The van der Waals surface area contributed by atoms with E-state index >= 15 is 0 Å². The molecule has 2 N–H and O–H groups in total. The molecule has 0 aliphatic carbocycles. The van der Waals surface area contributed by atoms with Crippen LogP contribution in [0.2, 0.25) is 0 Å². The standard InChI is InChI=1S/C23H26IN3O4S/c1-23(2)19(20(24)22(28)26-12-14-31-15-13-26)21(27(25)16-8-4-3-5-9-16)17-10-6-7-11-18(17)32(23,29)30/h3-11,20H,12-15,25H2,1-2H3. The van der Waals surface area contributed by atoms with Crippen molar-refractivity contribution in [3.05, 3.63) is 65.7 Å². The molecular weight excluding hydrogens is 541 g/mol. The van der Waals surface area contributed by atoms with E-state index in [-0.39, 0.29) is 10.8 Å². The lowest BCUT2D eigenvalue weighted by Crippen LogP contribution is -2.51. The number of sulfone groups is 1. The quantitative estimate of drug-likeness (QED) is 0.265. The number of anilines is 1. The van der Waals surface area contributed by atoms with Crippen LogP contribution in [0.25, 0.3) is 5.70 Å². The van der Waals surface area contributed by atoms with Crippen LogP contribution in [0.15, 0.2) is 65.1 Å². The second-order valence-electron chi connectivity index (χ2n) is 8.28. The molecular formula is C23H26IN3O4S. The predicted octanol–water partition coefficient (Wildman–Crippen LogP) is 3.01. The van der Waals surface area contributed by atoms with E-state index < -0.39 is 18.5 Å². The number of alkyl halides is 1. The first kappa shape index (κ1) is 23.2. The molecule has 1 atom stereocenters. The number of carbonyl (C=O) groups excluding carboxylic acids is 1. The first-order valence-electron chi connectivity index (χ1n) is 10.4. The maximum atomic E-state index is 13.7. The van der Waals surface area contributed by atoms with Gasteiger partial charge in [0.05, 0.1) is 34.2 Å². The Morgan fingerprint density at radius 2 is 1.69 bits per heavy atom. The molecule has 170 valence electrons. The average molecular weight is 567 g/mol. The van der Waals surface area contributed by atoms with Crippen molar-refractivity contribution in [1.29, 1.82) is 0 Å². The SMILES string of the molecule is CC1(C)C(C(I)C(=O)N2CCOCC2)=C(N(N)c2ccccc2)c2ccccc2S1(=O)=O. The van der Waals surface area contributed by atoms with Crippen LogP contribution < -0.4 is 10.9 Å². The van der Waals surface area contributed by atoms with E-state index in [0.717, 1.165) is 0 Å². The van der Waals surface area contributed by atoms with Crippen LogP contribution in [-0.4, -0.2) is 54.2 Å². The summed E-state index contributed by atoms with van der Waals surface area (Å²) < 4.78 is 30.7. The van der Waals surface area contributed by atoms with Crippen molar-refractivity contribution in [1.82, 2.24) is 4.90 Å². The fourth-order valence-electron chi connectivity index (χ4n) is 4.22. The summed E-state index contributed by atoms with van der Waals surface area (Å²) in [5.74, 6) is 6.50. The van der Waals surface area contributed by atoms with Crippen LogP contribution in [-0.2, 0) is 19.4 Å². The van der Waals surface area contributed by atoms with Crippen LogP contribution in [0.5, 0.6) is 0 Å². The Balaban J connectivity index is 1.96. The summed E-state index contributed by atoms with van der Waals surface area (Å²) in [7, 11) is -3.77. The Morgan fingerprint density at radius 3 is 2.34 bits per heavy atom. The molecule has 0 radical (unpaired) electrons. The maximum absolute atomic E-state index is 13.7. The fraction of sp³-hybridized carbons (Fsp3) is 0.348. The van der Waals surface area contributed by atoms with Crippen molar-refractivity contribution in [2.75, 3.05) is 31.3 Å². The molecule has 32 heavy (non-hydrogen) atoms.